The SMILES string of the molecule is COc1ccc(C(O)=C2C(=O)C(=O)N(c3ccccn3)[C@@H]2c2ccc(C(C)C)cc2)cc1Cl. The topological polar surface area (TPSA) is 79.7 Å². The van der Waals surface area contributed by atoms with Crippen molar-refractivity contribution in [1.29, 1.82) is 0 Å². The van der Waals surface area contributed by atoms with E-state index in [2.05, 4.69) is 18.8 Å². The third-order valence-electron chi connectivity index (χ3n) is 5.68. The predicted molar refractivity (Wildman–Crippen MR) is 128 cm³/mol. The summed E-state index contributed by atoms with van der Waals surface area (Å²) in [6.45, 7) is 4.17. The van der Waals surface area contributed by atoms with E-state index in [-0.39, 0.29) is 16.4 Å². The van der Waals surface area contributed by atoms with Gasteiger partial charge in [0, 0.05) is 11.8 Å². The van der Waals surface area contributed by atoms with Gasteiger partial charge in [-0.2, -0.15) is 0 Å². The molecule has 1 aromatic heterocycles. The van der Waals surface area contributed by atoms with E-state index in [1.807, 2.05) is 24.3 Å². The van der Waals surface area contributed by atoms with Crippen molar-refractivity contribution in [2.24, 2.45) is 0 Å². The maximum Gasteiger partial charge on any atom is 0.301 e. The average Bonchev–Trinajstić information content (AvgIpc) is 3.09. The second kappa shape index (κ2) is 9.08. The highest BCUT2D eigenvalue weighted by Crippen LogP contribution is 2.42. The summed E-state index contributed by atoms with van der Waals surface area (Å²) in [5, 5.41) is 11.5. The second-order valence-electron chi connectivity index (χ2n) is 8.03. The number of hydrogen-bond acceptors (Lipinski definition) is 5. The number of benzene rings is 2. The Morgan fingerprint density at radius 3 is 2.39 bits per heavy atom. The van der Waals surface area contributed by atoms with Crippen LogP contribution in [0.4, 0.5) is 5.82 Å². The first-order valence-corrected chi connectivity index (χ1v) is 10.9. The molecule has 1 aliphatic heterocycles. The molecule has 0 spiro atoms. The summed E-state index contributed by atoms with van der Waals surface area (Å²) in [5.41, 5.74) is 2.09. The molecule has 7 heteroatoms. The number of carbonyl (C=O) groups excluding carboxylic acids is 2. The summed E-state index contributed by atoms with van der Waals surface area (Å²) < 4.78 is 5.17. The molecule has 3 aromatic rings. The van der Waals surface area contributed by atoms with Crippen LogP contribution in [0.1, 0.15) is 42.5 Å². The number of rotatable bonds is 5. The molecule has 1 atom stereocenters. The Morgan fingerprint density at radius 2 is 1.82 bits per heavy atom. The summed E-state index contributed by atoms with van der Waals surface area (Å²) in [6, 6.07) is 16.6. The summed E-state index contributed by atoms with van der Waals surface area (Å²) >= 11 is 6.24. The first-order valence-electron chi connectivity index (χ1n) is 10.5. The zero-order valence-electron chi connectivity index (χ0n) is 18.4. The van der Waals surface area contributed by atoms with Gasteiger partial charge in [-0.05, 0) is 47.4 Å². The predicted octanol–water partition coefficient (Wildman–Crippen LogP) is 5.49. The molecule has 0 saturated carbocycles. The number of methoxy groups -OCH3 is 1. The number of pyridine rings is 1. The molecular formula is C26H23ClN2O4. The van der Waals surface area contributed by atoms with Crippen molar-refractivity contribution < 1.29 is 19.4 Å². The zero-order chi connectivity index (χ0) is 23.7. The molecule has 1 aliphatic rings. The van der Waals surface area contributed by atoms with Crippen molar-refractivity contribution in [3.05, 3.63) is 94.1 Å². The monoisotopic (exact) mass is 462 g/mol. The molecule has 1 fully saturated rings. The van der Waals surface area contributed by atoms with Crippen molar-refractivity contribution in [1.82, 2.24) is 4.98 Å². The number of ketones is 1. The second-order valence-corrected chi connectivity index (χ2v) is 8.43. The fraction of sp³-hybridized carbons (Fsp3) is 0.192. The van der Waals surface area contributed by atoms with Crippen LogP contribution in [0.5, 0.6) is 5.75 Å². The summed E-state index contributed by atoms with van der Waals surface area (Å²) in [4.78, 5) is 31.9. The Hall–Kier alpha value is -3.64. The highest BCUT2D eigenvalue weighted by molar-refractivity contribution is 6.51. The fourth-order valence-corrected chi connectivity index (χ4v) is 4.17. The van der Waals surface area contributed by atoms with E-state index < -0.39 is 17.7 Å². The van der Waals surface area contributed by atoms with Crippen LogP contribution in [0.25, 0.3) is 5.76 Å². The smallest absolute Gasteiger partial charge is 0.301 e. The molecule has 2 heterocycles. The first-order chi connectivity index (χ1) is 15.8. The van der Waals surface area contributed by atoms with Gasteiger partial charge in [-0.25, -0.2) is 4.98 Å². The van der Waals surface area contributed by atoms with E-state index in [0.717, 1.165) is 5.56 Å². The number of halogens is 1. The van der Waals surface area contributed by atoms with E-state index >= 15 is 0 Å². The van der Waals surface area contributed by atoms with Crippen molar-refractivity contribution in [3.63, 3.8) is 0 Å². The molecule has 1 saturated heterocycles. The van der Waals surface area contributed by atoms with Gasteiger partial charge >= 0.3 is 5.91 Å². The molecule has 168 valence electrons. The minimum atomic E-state index is -0.845. The van der Waals surface area contributed by atoms with Crippen LogP contribution in [-0.2, 0) is 9.59 Å². The lowest BCUT2D eigenvalue weighted by Gasteiger charge is -2.24. The number of Topliss-reactive ketones (excluding diaryl/α,β-unsaturated/α-hetero) is 1. The summed E-state index contributed by atoms with van der Waals surface area (Å²) in [7, 11) is 1.49. The third-order valence-corrected chi connectivity index (χ3v) is 5.98. The Kier molecular flexibility index (Phi) is 6.20. The molecule has 0 unspecified atom stereocenters. The van der Waals surface area contributed by atoms with Crippen molar-refractivity contribution in [2.45, 2.75) is 25.8 Å². The number of ether oxygens (including phenoxy) is 1. The van der Waals surface area contributed by atoms with Gasteiger partial charge in [-0.1, -0.05) is 55.8 Å². The molecule has 33 heavy (non-hydrogen) atoms. The fourth-order valence-electron chi connectivity index (χ4n) is 3.91. The van der Waals surface area contributed by atoms with Gasteiger partial charge in [-0.3, -0.25) is 14.5 Å². The number of aromatic nitrogens is 1. The highest BCUT2D eigenvalue weighted by atomic mass is 35.5. The van der Waals surface area contributed by atoms with Gasteiger partial charge in [0.15, 0.2) is 0 Å². The van der Waals surface area contributed by atoms with E-state index in [4.69, 9.17) is 16.3 Å². The van der Waals surface area contributed by atoms with E-state index in [1.54, 1.807) is 36.5 Å². The molecular weight excluding hydrogens is 440 g/mol. The quantitative estimate of drug-likeness (QED) is 0.308. The lowest BCUT2D eigenvalue weighted by atomic mass is 9.93. The van der Waals surface area contributed by atoms with Gasteiger partial charge in [0.25, 0.3) is 5.78 Å². The van der Waals surface area contributed by atoms with E-state index in [0.29, 0.717) is 28.6 Å². The Labute approximate surface area is 197 Å². The van der Waals surface area contributed by atoms with Crippen molar-refractivity contribution in [2.75, 3.05) is 12.0 Å². The van der Waals surface area contributed by atoms with Crippen LogP contribution in [0.3, 0.4) is 0 Å². The number of nitrogens with zero attached hydrogens (tertiary/aromatic N) is 2. The lowest BCUT2D eigenvalue weighted by molar-refractivity contribution is -0.132. The largest absolute Gasteiger partial charge is 0.507 e. The van der Waals surface area contributed by atoms with Gasteiger partial charge in [0.05, 0.1) is 23.7 Å². The number of aliphatic hydroxyl groups is 1. The minimum Gasteiger partial charge on any atom is -0.507 e. The first kappa shape index (κ1) is 22.6. The van der Waals surface area contributed by atoms with Gasteiger partial charge in [-0.15, -0.1) is 0 Å². The molecule has 1 amide bonds. The molecule has 0 bridgehead atoms. The number of aliphatic hydroxyl groups excluding tert-OH is 1. The average molecular weight is 463 g/mol. The minimum absolute atomic E-state index is 0.0239. The third kappa shape index (κ3) is 4.10. The lowest BCUT2D eigenvalue weighted by Crippen LogP contribution is -2.30. The number of carbonyl (C=O) groups is 2. The van der Waals surface area contributed by atoms with Crippen LogP contribution >= 0.6 is 11.6 Å². The standard InChI is InChI=1S/C26H23ClN2O4/c1-15(2)16-7-9-17(10-8-16)23-22(24(30)18-11-12-20(33-3)19(27)14-18)25(31)26(32)29(23)21-6-4-5-13-28-21/h4-15,23,30H,1-3H3/t23-/m1/s1. The zero-order valence-corrected chi connectivity index (χ0v) is 19.2. The van der Waals surface area contributed by atoms with Crippen LogP contribution in [-0.4, -0.2) is 28.9 Å². The molecule has 0 radical (unpaired) electrons. The highest BCUT2D eigenvalue weighted by Gasteiger charge is 2.47. The maximum absolute atomic E-state index is 13.2. The molecule has 2 aromatic carbocycles. The Balaban J connectivity index is 1.91. The Bertz CT molecular complexity index is 1240. The summed E-state index contributed by atoms with van der Waals surface area (Å²) in [6.07, 6.45) is 1.55. The number of hydrogen-bond donors (Lipinski definition) is 1. The normalized spacial score (nSPS) is 17.6. The molecule has 0 aliphatic carbocycles. The molecule has 4 rings (SSSR count). The van der Waals surface area contributed by atoms with Gasteiger partial charge < -0.3 is 9.84 Å². The van der Waals surface area contributed by atoms with Crippen molar-refractivity contribution in [3.8, 4) is 5.75 Å². The number of amides is 1. The van der Waals surface area contributed by atoms with E-state index in [9.17, 15) is 14.7 Å². The van der Waals surface area contributed by atoms with Crippen molar-refractivity contribution >= 4 is 34.9 Å². The molecule has 1 N–H and O–H groups in total. The van der Waals surface area contributed by atoms with E-state index in [1.165, 1.54) is 18.1 Å². The number of anilines is 1. The Morgan fingerprint density at radius 1 is 1.09 bits per heavy atom. The van der Waals surface area contributed by atoms with Crippen LogP contribution in [0.15, 0.2) is 72.4 Å². The van der Waals surface area contributed by atoms with Gasteiger partial charge in [0.1, 0.15) is 17.3 Å². The summed E-state index contributed by atoms with van der Waals surface area (Å²) in [5.74, 6) is -0.778. The van der Waals surface area contributed by atoms with Gasteiger partial charge in [0.2, 0.25) is 0 Å². The maximum atomic E-state index is 13.2. The molecule has 6 nitrogen and oxygen atoms in total. The van der Waals surface area contributed by atoms with Crippen LogP contribution in [0, 0.1) is 0 Å². The van der Waals surface area contributed by atoms with Crippen LogP contribution in [0.2, 0.25) is 5.02 Å². The van der Waals surface area contributed by atoms with Crippen LogP contribution < -0.4 is 9.64 Å².